The van der Waals surface area contributed by atoms with Gasteiger partial charge in [-0.15, -0.1) is 0 Å². The number of hydrogen-bond acceptors (Lipinski definition) is 5. The SMILES string of the molecule is O=C(Nc1ccccn1)C(=Cc1cccnc1)NC(=O)c1ccco1. The lowest BCUT2D eigenvalue weighted by Crippen LogP contribution is -2.30. The number of nitrogens with one attached hydrogen (secondary N) is 2. The van der Waals surface area contributed by atoms with Crippen LogP contribution in [-0.4, -0.2) is 21.8 Å². The van der Waals surface area contributed by atoms with E-state index in [-0.39, 0.29) is 11.5 Å². The molecule has 25 heavy (non-hydrogen) atoms. The fraction of sp³-hybridized carbons (Fsp3) is 0. The van der Waals surface area contributed by atoms with Gasteiger partial charge >= 0.3 is 0 Å². The Balaban J connectivity index is 1.84. The van der Waals surface area contributed by atoms with E-state index >= 15 is 0 Å². The van der Waals surface area contributed by atoms with Gasteiger partial charge in [0, 0.05) is 18.6 Å². The molecule has 7 heteroatoms. The first-order valence-corrected chi connectivity index (χ1v) is 7.41. The average molecular weight is 334 g/mol. The Kier molecular flexibility index (Phi) is 4.96. The van der Waals surface area contributed by atoms with Crippen molar-refractivity contribution in [3.8, 4) is 0 Å². The van der Waals surface area contributed by atoms with Gasteiger partial charge in [-0.1, -0.05) is 12.1 Å². The van der Waals surface area contributed by atoms with Crippen molar-refractivity contribution in [3.63, 3.8) is 0 Å². The van der Waals surface area contributed by atoms with E-state index in [0.29, 0.717) is 11.4 Å². The highest BCUT2D eigenvalue weighted by Gasteiger charge is 2.16. The van der Waals surface area contributed by atoms with Gasteiger partial charge in [0.25, 0.3) is 11.8 Å². The summed E-state index contributed by atoms with van der Waals surface area (Å²) < 4.78 is 5.05. The molecular formula is C18H14N4O3. The molecule has 0 saturated heterocycles. The zero-order chi connectivity index (χ0) is 17.5. The van der Waals surface area contributed by atoms with Crippen LogP contribution in [0.15, 0.2) is 77.4 Å². The maximum atomic E-state index is 12.5. The first-order chi connectivity index (χ1) is 12.2. The lowest BCUT2D eigenvalue weighted by molar-refractivity contribution is -0.113. The van der Waals surface area contributed by atoms with Crippen molar-refractivity contribution < 1.29 is 14.0 Å². The van der Waals surface area contributed by atoms with Crippen molar-refractivity contribution in [2.75, 3.05) is 5.32 Å². The second-order valence-electron chi connectivity index (χ2n) is 4.94. The van der Waals surface area contributed by atoms with Crippen LogP contribution in [0.5, 0.6) is 0 Å². The third-order valence-electron chi connectivity index (χ3n) is 3.14. The number of pyridine rings is 2. The first-order valence-electron chi connectivity index (χ1n) is 7.41. The number of furan rings is 1. The molecule has 0 spiro atoms. The molecule has 124 valence electrons. The Bertz CT molecular complexity index is 875. The Hall–Kier alpha value is -3.74. The number of carbonyl (C=O) groups excluding carboxylic acids is 2. The van der Waals surface area contributed by atoms with E-state index in [0.717, 1.165) is 0 Å². The largest absolute Gasteiger partial charge is 0.459 e. The predicted molar refractivity (Wildman–Crippen MR) is 91.3 cm³/mol. The number of nitrogens with zero attached hydrogens (tertiary/aromatic N) is 2. The summed E-state index contributed by atoms with van der Waals surface area (Å²) in [5.74, 6) is -0.571. The predicted octanol–water partition coefficient (Wildman–Crippen LogP) is 2.48. The minimum Gasteiger partial charge on any atom is -0.459 e. The number of hydrogen-bond donors (Lipinski definition) is 2. The van der Waals surface area contributed by atoms with E-state index in [4.69, 9.17) is 4.42 Å². The molecule has 0 unspecified atom stereocenters. The molecule has 0 fully saturated rings. The Morgan fingerprint density at radius 2 is 1.96 bits per heavy atom. The van der Waals surface area contributed by atoms with Gasteiger partial charge in [-0.05, 0) is 42.0 Å². The number of rotatable bonds is 5. The summed E-state index contributed by atoms with van der Waals surface area (Å²) in [6.45, 7) is 0. The summed E-state index contributed by atoms with van der Waals surface area (Å²) in [5, 5.41) is 5.18. The van der Waals surface area contributed by atoms with Gasteiger partial charge in [-0.3, -0.25) is 14.6 Å². The number of anilines is 1. The zero-order valence-corrected chi connectivity index (χ0v) is 13.0. The van der Waals surface area contributed by atoms with Crippen LogP contribution < -0.4 is 10.6 Å². The highest BCUT2D eigenvalue weighted by molar-refractivity contribution is 6.09. The van der Waals surface area contributed by atoms with Gasteiger partial charge in [0.2, 0.25) is 0 Å². The lowest BCUT2D eigenvalue weighted by atomic mass is 10.2. The molecule has 0 atom stereocenters. The molecule has 2 amide bonds. The summed E-state index contributed by atoms with van der Waals surface area (Å²) in [6, 6.07) is 11.7. The Morgan fingerprint density at radius 3 is 2.64 bits per heavy atom. The van der Waals surface area contributed by atoms with Gasteiger partial charge in [-0.2, -0.15) is 0 Å². The van der Waals surface area contributed by atoms with Crippen LogP contribution in [0.4, 0.5) is 5.82 Å². The van der Waals surface area contributed by atoms with Crippen molar-refractivity contribution in [1.29, 1.82) is 0 Å². The fourth-order valence-electron chi connectivity index (χ4n) is 2.00. The molecular weight excluding hydrogens is 320 g/mol. The maximum absolute atomic E-state index is 12.5. The quantitative estimate of drug-likeness (QED) is 0.699. The van der Waals surface area contributed by atoms with E-state index < -0.39 is 11.8 Å². The number of aromatic nitrogens is 2. The maximum Gasteiger partial charge on any atom is 0.291 e. The molecule has 0 aliphatic carbocycles. The lowest BCUT2D eigenvalue weighted by Gasteiger charge is -2.09. The summed E-state index contributed by atoms with van der Waals surface area (Å²) in [6.07, 6.45) is 7.65. The molecule has 0 aliphatic rings. The molecule has 0 aliphatic heterocycles. The van der Waals surface area contributed by atoms with Gasteiger partial charge < -0.3 is 15.1 Å². The van der Waals surface area contributed by atoms with Crippen LogP contribution in [0.1, 0.15) is 16.1 Å². The molecule has 2 N–H and O–H groups in total. The van der Waals surface area contributed by atoms with Crippen molar-refractivity contribution in [3.05, 3.63) is 84.3 Å². The van der Waals surface area contributed by atoms with Crippen molar-refractivity contribution in [2.45, 2.75) is 0 Å². The average Bonchev–Trinajstić information content (AvgIpc) is 3.18. The topological polar surface area (TPSA) is 97.1 Å². The standard InChI is InChI=1S/C18H14N4O3/c23-17(22-16-7-1-2-9-20-16)14(11-13-5-3-8-19-12-13)21-18(24)15-6-4-10-25-15/h1-12H,(H,21,24)(H,20,22,23). The van der Waals surface area contributed by atoms with Crippen LogP contribution in [0, 0.1) is 0 Å². The highest BCUT2D eigenvalue weighted by atomic mass is 16.3. The monoisotopic (exact) mass is 334 g/mol. The molecule has 7 nitrogen and oxygen atoms in total. The molecule has 3 aromatic heterocycles. The Labute approximate surface area is 143 Å². The second-order valence-corrected chi connectivity index (χ2v) is 4.94. The fourth-order valence-corrected chi connectivity index (χ4v) is 2.00. The van der Waals surface area contributed by atoms with Crippen molar-refractivity contribution in [1.82, 2.24) is 15.3 Å². The molecule has 0 radical (unpaired) electrons. The van der Waals surface area contributed by atoms with Gasteiger partial charge in [0.1, 0.15) is 11.5 Å². The van der Waals surface area contributed by atoms with E-state index in [1.54, 1.807) is 55.0 Å². The van der Waals surface area contributed by atoms with Crippen molar-refractivity contribution in [2.24, 2.45) is 0 Å². The van der Waals surface area contributed by atoms with Gasteiger partial charge in [0.15, 0.2) is 5.76 Å². The van der Waals surface area contributed by atoms with Gasteiger partial charge in [0.05, 0.1) is 6.26 Å². The third kappa shape index (κ3) is 4.38. The minimum absolute atomic E-state index is 0.0417. The van der Waals surface area contributed by atoms with Crippen LogP contribution in [0.25, 0.3) is 6.08 Å². The number of carbonyl (C=O) groups is 2. The summed E-state index contributed by atoms with van der Waals surface area (Å²) in [4.78, 5) is 32.8. The van der Waals surface area contributed by atoms with E-state index in [2.05, 4.69) is 20.6 Å². The van der Waals surface area contributed by atoms with E-state index in [9.17, 15) is 9.59 Å². The molecule has 3 rings (SSSR count). The Morgan fingerprint density at radius 1 is 1.04 bits per heavy atom. The van der Waals surface area contributed by atoms with Crippen LogP contribution >= 0.6 is 0 Å². The smallest absolute Gasteiger partial charge is 0.291 e. The molecule has 3 aromatic rings. The van der Waals surface area contributed by atoms with E-state index in [1.807, 2.05) is 0 Å². The summed E-state index contributed by atoms with van der Waals surface area (Å²) >= 11 is 0. The van der Waals surface area contributed by atoms with Crippen LogP contribution in [-0.2, 0) is 4.79 Å². The summed E-state index contributed by atoms with van der Waals surface area (Å²) in [5.41, 5.74) is 0.702. The second kappa shape index (κ2) is 7.69. The minimum atomic E-state index is -0.531. The number of amides is 2. The highest BCUT2D eigenvalue weighted by Crippen LogP contribution is 2.09. The first kappa shape index (κ1) is 16.1. The van der Waals surface area contributed by atoms with Crippen LogP contribution in [0.2, 0.25) is 0 Å². The summed E-state index contributed by atoms with van der Waals surface area (Å²) in [7, 11) is 0. The molecule has 0 aromatic carbocycles. The van der Waals surface area contributed by atoms with Crippen LogP contribution in [0.3, 0.4) is 0 Å². The molecule has 0 bridgehead atoms. The van der Waals surface area contributed by atoms with Crippen molar-refractivity contribution >= 4 is 23.7 Å². The van der Waals surface area contributed by atoms with E-state index in [1.165, 1.54) is 18.4 Å². The molecule has 3 heterocycles. The van der Waals surface area contributed by atoms with Gasteiger partial charge in [-0.25, -0.2) is 4.98 Å². The zero-order valence-electron chi connectivity index (χ0n) is 13.0. The normalized spacial score (nSPS) is 11.0. The third-order valence-corrected chi connectivity index (χ3v) is 3.14. The molecule has 0 saturated carbocycles.